The standard InChI is InChI=1S/C31H39N3O3/c1-19-17-30-11-10-25(33(3)29(37)23-5-4-13-32(2)28(23)36)27(19)31(30)12-14-34(18-20-6-7-20)26(30)15-21-8-9-22(35)16-24(21)31/h4-5,8-9,13,16,19-20,25-27,35H,6-7,10-12,14-15,17-18H2,1-3H3/t19-,25?,26?,27?,30?,31?/m0/s1. The van der Waals surface area contributed by atoms with Gasteiger partial charge in [-0.25, -0.2) is 0 Å². The average Bonchev–Trinajstić information content (AvgIpc) is 3.67. The van der Waals surface area contributed by atoms with Crippen molar-refractivity contribution in [3.8, 4) is 5.75 Å². The maximum Gasteiger partial charge on any atom is 0.263 e. The number of piperidine rings is 1. The van der Waals surface area contributed by atoms with Crippen molar-refractivity contribution >= 4 is 5.91 Å². The van der Waals surface area contributed by atoms with Gasteiger partial charge in [0.1, 0.15) is 11.3 Å². The van der Waals surface area contributed by atoms with E-state index in [1.54, 1.807) is 25.4 Å². The van der Waals surface area contributed by atoms with E-state index < -0.39 is 0 Å². The molecule has 4 fully saturated rings. The van der Waals surface area contributed by atoms with Gasteiger partial charge in [0.25, 0.3) is 11.5 Å². The van der Waals surface area contributed by atoms with Crippen molar-refractivity contribution < 1.29 is 9.90 Å². The van der Waals surface area contributed by atoms with Crippen LogP contribution in [0.1, 0.15) is 66.9 Å². The second kappa shape index (κ2) is 7.95. The molecule has 0 radical (unpaired) electrons. The van der Waals surface area contributed by atoms with Crippen molar-refractivity contribution in [1.29, 1.82) is 0 Å². The fourth-order valence-electron chi connectivity index (χ4n) is 9.82. The molecule has 1 aromatic carbocycles. The topological polar surface area (TPSA) is 65.8 Å². The highest BCUT2D eigenvalue weighted by Crippen LogP contribution is 2.74. The SMILES string of the molecule is C[C@H]1CC23CCC(N(C)C(=O)c4cccn(C)c4=O)C1C21CCN(CC2CC2)C3Cc2ccc(O)cc21. The van der Waals surface area contributed by atoms with E-state index in [9.17, 15) is 14.7 Å². The van der Waals surface area contributed by atoms with Crippen LogP contribution in [0.15, 0.2) is 41.3 Å². The fourth-order valence-corrected chi connectivity index (χ4v) is 9.82. The number of fused-ring (bicyclic) bond motifs is 1. The Morgan fingerprint density at radius 3 is 2.78 bits per heavy atom. The molecule has 3 saturated carbocycles. The van der Waals surface area contributed by atoms with Gasteiger partial charge in [-0.1, -0.05) is 13.0 Å². The normalized spacial score (nSPS) is 36.1. The number of likely N-dealkylation sites (tertiary alicyclic amines) is 1. The summed E-state index contributed by atoms with van der Waals surface area (Å²) in [5, 5.41) is 10.7. The van der Waals surface area contributed by atoms with E-state index in [4.69, 9.17) is 0 Å². The van der Waals surface area contributed by atoms with Gasteiger partial charge in [-0.3, -0.25) is 14.5 Å². The van der Waals surface area contributed by atoms with Crippen LogP contribution in [-0.2, 0) is 18.9 Å². The molecule has 1 N–H and O–H groups in total. The van der Waals surface area contributed by atoms with Crippen molar-refractivity contribution in [2.45, 2.75) is 69.4 Å². The minimum absolute atomic E-state index is 0.0391. The van der Waals surface area contributed by atoms with Crippen molar-refractivity contribution in [3.05, 3.63) is 63.6 Å². The number of nitrogens with zero attached hydrogens (tertiary/aromatic N) is 3. The maximum atomic E-state index is 13.8. The molecule has 1 saturated heterocycles. The van der Waals surface area contributed by atoms with E-state index in [2.05, 4.69) is 24.0 Å². The summed E-state index contributed by atoms with van der Waals surface area (Å²) in [4.78, 5) is 31.3. The summed E-state index contributed by atoms with van der Waals surface area (Å²) in [6.45, 7) is 4.74. The number of amides is 1. The first-order valence-electron chi connectivity index (χ1n) is 14.3. The number of aryl methyl sites for hydroxylation is 1. The maximum absolute atomic E-state index is 13.8. The first kappa shape index (κ1) is 23.5. The molecule has 4 aliphatic carbocycles. The van der Waals surface area contributed by atoms with E-state index >= 15 is 0 Å². The number of rotatable bonds is 4. The van der Waals surface area contributed by atoms with Crippen LogP contribution >= 0.6 is 0 Å². The lowest BCUT2D eigenvalue weighted by atomic mass is 9.43. The lowest BCUT2D eigenvalue weighted by Gasteiger charge is -2.67. The Labute approximate surface area is 219 Å². The van der Waals surface area contributed by atoms with Crippen LogP contribution in [0.3, 0.4) is 0 Å². The van der Waals surface area contributed by atoms with Crippen LogP contribution in [0.4, 0.5) is 0 Å². The molecule has 2 aromatic rings. The first-order chi connectivity index (χ1) is 17.8. The van der Waals surface area contributed by atoms with E-state index in [0.29, 0.717) is 23.6 Å². The highest BCUT2D eigenvalue weighted by atomic mass is 16.3. The summed E-state index contributed by atoms with van der Waals surface area (Å²) in [5.74, 6) is 1.85. The molecule has 0 spiro atoms. The van der Waals surface area contributed by atoms with Crippen LogP contribution in [0.5, 0.6) is 5.75 Å². The molecule has 37 heavy (non-hydrogen) atoms. The number of aromatic nitrogens is 1. The predicted molar refractivity (Wildman–Crippen MR) is 143 cm³/mol. The Morgan fingerprint density at radius 1 is 1.19 bits per heavy atom. The number of benzene rings is 1. The van der Waals surface area contributed by atoms with Crippen LogP contribution in [0, 0.1) is 23.2 Å². The summed E-state index contributed by atoms with van der Waals surface area (Å²) in [6.07, 6.45) is 9.88. The Kier molecular flexibility index (Phi) is 5.05. The zero-order valence-corrected chi connectivity index (χ0v) is 22.3. The third kappa shape index (κ3) is 3.08. The Balaban J connectivity index is 1.34. The van der Waals surface area contributed by atoms with Crippen molar-refractivity contribution in [2.24, 2.45) is 30.2 Å². The summed E-state index contributed by atoms with van der Waals surface area (Å²) in [6, 6.07) is 10.2. The van der Waals surface area contributed by atoms with Gasteiger partial charge in [-0.15, -0.1) is 0 Å². The summed E-state index contributed by atoms with van der Waals surface area (Å²) >= 11 is 0. The number of phenolic OH excluding ortho intramolecular Hbond substituents is 1. The summed E-state index contributed by atoms with van der Waals surface area (Å²) in [7, 11) is 3.62. The average molecular weight is 502 g/mol. The van der Waals surface area contributed by atoms with E-state index in [1.807, 2.05) is 18.0 Å². The quantitative estimate of drug-likeness (QED) is 0.689. The molecule has 196 valence electrons. The number of hydrogen-bond donors (Lipinski definition) is 1. The number of aromatic hydroxyl groups is 1. The second-order valence-electron chi connectivity index (χ2n) is 12.9. The molecule has 2 heterocycles. The second-order valence-corrected chi connectivity index (χ2v) is 12.9. The van der Waals surface area contributed by atoms with E-state index in [1.165, 1.54) is 41.5 Å². The predicted octanol–water partition coefficient (Wildman–Crippen LogP) is 3.95. The van der Waals surface area contributed by atoms with E-state index in [-0.39, 0.29) is 33.9 Å². The molecular weight excluding hydrogens is 462 g/mol. The van der Waals surface area contributed by atoms with Crippen LogP contribution < -0.4 is 5.56 Å². The largest absolute Gasteiger partial charge is 0.508 e. The Morgan fingerprint density at radius 2 is 2.00 bits per heavy atom. The van der Waals surface area contributed by atoms with Crippen molar-refractivity contribution in [1.82, 2.24) is 14.4 Å². The van der Waals surface area contributed by atoms with Gasteiger partial charge in [0.05, 0.1) is 0 Å². The van der Waals surface area contributed by atoms with Crippen molar-refractivity contribution in [2.75, 3.05) is 20.1 Å². The van der Waals surface area contributed by atoms with Gasteiger partial charge in [0.2, 0.25) is 0 Å². The zero-order chi connectivity index (χ0) is 25.7. The van der Waals surface area contributed by atoms with E-state index in [0.717, 1.165) is 38.1 Å². The summed E-state index contributed by atoms with van der Waals surface area (Å²) in [5.41, 5.74) is 2.92. The van der Waals surface area contributed by atoms with Crippen LogP contribution in [-0.4, -0.2) is 57.6 Å². The molecule has 1 aliphatic heterocycles. The molecule has 5 aliphatic rings. The monoisotopic (exact) mass is 501 g/mol. The minimum Gasteiger partial charge on any atom is -0.508 e. The minimum atomic E-state index is -0.233. The van der Waals surface area contributed by atoms with Gasteiger partial charge < -0.3 is 14.6 Å². The molecular formula is C31H39N3O3. The fraction of sp³-hybridized carbons (Fsp3) is 0.613. The van der Waals surface area contributed by atoms with Gasteiger partial charge in [-0.05, 0) is 110 Å². The smallest absolute Gasteiger partial charge is 0.263 e. The highest BCUT2D eigenvalue weighted by molar-refractivity contribution is 5.94. The lowest BCUT2D eigenvalue weighted by Crippen LogP contribution is -2.70. The number of phenols is 1. The molecule has 6 atom stereocenters. The van der Waals surface area contributed by atoms with Gasteiger partial charge in [0, 0.05) is 44.3 Å². The molecule has 1 aromatic heterocycles. The first-order valence-corrected chi connectivity index (χ1v) is 14.3. The molecule has 5 unspecified atom stereocenters. The van der Waals surface area contributed by atoms with Crippen molar-refractivity contribution in [3.63, 3.8) is 0 Å². The zero-order valence-electron chi connectivity index (χ0n) is 22.3. The molecule has 6 heteroatoms. The van der Waals surface area contributed by atoms with Gasteiger partial charge in [-0.2, -0.15) is 0 Å². The van der Waals surface area contributed by atoms with Gasteiger partial charge in [0.15, 0.2) is 0 Å². The number of carbonyl (C=O) groups is 1. The number of carbonyl (C=O) groups excluding carboxylic acids is 1. The molecule has 4 bridgehead atoms. The number of pyridine rings is 1. The Hall–Kier alpha value is -2.60. The summed E-state index contributed by atoms with van der Waals surface area (Å²) < 4.78 is 1.49. The Bertz CT molecular complexity index is 1330. The van der Waals surface area contributed by atoms with Crippen LogP contribution in [0.2, 0.25) is 0 Å². The molecule has 7 rings (SSSR count). The van der Waals surface area contributed by atoms with Gasteiger partial charge >= 0.3 is 0 Å². The van der Waals surface area contributed by atoms with Crippen LogP contribution in [0.25, 0.3) is 0 Å². The third-order valence-electron chi connectivity index (χ3n) is 11.3. The molecule has 6 nitrogen and oxygen atoms in total. The third-order valence-corrected chi connectivity index (χ3v) is 11.3. The lowest BCUT2D eigenvalue weighted by molar-refractivity contribution is -0.105. The highest BCUT2D eigenvalue weighted by Gasteiger charge is 2.73. The number of hydrogen-bond acceptors (Lipinski definition) is 4. The molecule has 1 amide bonds.